The van der Waals surface area contributed by atoms with Crippen molar-refractivity contribution in [3.63, 3.8) is 0 Å². The molecule has 0 bridgehead atoms. The first-order valence-electron chi connectivity index (χ1n) is 6.80. The first-order chi connectivity index (χ1) is 9.76. The van der Waals surface area contributed by atoms with Gasteiger partial charge in [0.05, 0.1) is 6.54 Å². The fourth-order valence-corrected chi connectivity index (χ4v) is 2.06. The summed E-state index contributed by atoms with van der Waals surface area (Å²) in [6, 6.07) is 7.97. The van der Waals surface area contributed by atoms with Crippen LogP contribution >= 0.6 is 0 Å². The Bertz CT molecular complexity index is 715. The molecule has 0 spiro atoms. The standard InChI is InChI=1S/C15H17N3O2/c1-3-6-16-9-14-17-18-15(20-14)13-8-11-7-10(2)4-5-12(11)19-13/h4-5,7-8,16H,3,6,9H2,1-2H3. The SMILES string of the molecule is CCCNCc1nnc(-c2cc3cc(C)ccc3o2)o1. The average molecular weight is 271 g/mol. The van der Waals surface area contributed by atoms with E-state index in [0.29, 0.717) is 24.1 Å². The molecule has 2 heterocycles. The second-order valence-corrected chi connectivity index (χ2v) is 4.83. The summed E-state index contributed by atoms with van der Waals surface area (Å²) >= 11 is 0. The van der Waals surface area contributed by atoms with Crippen molar-refractivity contribution in [1.29, 1.82) is 0 Å². The number of nitrogens with one attached hydrogen (secondary N) is 1. The Morgan fingerprint density at radius 1 is 1.15 bits per heavy atom. The summed E-state index contributed by atoms with van der Waals surface area (Å²) < 4.78 is 11.3. The third-order valence-electron chi connectivity index (χ3n) is 3.05. The lowest BCUT2D eigenvalue weighted by molar-refractivity contribution is 0.465. The van der Waals surface area contributed by atoms with Gasteiger partial charge in [0.15, 0.2) is 5.76 Å². The maximum Gasteiger partial charge on any atom is 0.283 e. The zero-order valence-corrected chi connectivity index (χ0v) is 11.6. The van der Waals surface area contributed by atoms with E-state index in [-0.39, 0.29) is 0 Å². The molecule has 3 rings (SSSR count). The van der Waals surface area contributed by atoms with Gasteiger partial charge in [-0.3, -0.25) is 0 Å². The Labute approximate surface area is 117 Å². The minimum absolute atomic E-state index is 0.423. The van der Waals surface area contributed by atoms with Crippen LogP contribution in [0.25, 0.3) is 22.6 Å². The molecular weight excluding hydrogens is 254 g/mol. The lowest BCUT2D eigenvalue weighted by Gasteiger charge is -1.96. The van der Waals surface area contributed by atoms with Crippen molar-refractivity contribution in [3.8, 4) is 11.7 Å². The van der Waals surface area contributed by atoms with Crippen LogP contribution in [0.15, 0.2) is 33.1 Å². The lowest BCUT2D eigenvalue weighted by atomic mass is 10.2. The minimum atomic E-state index is 0.423. The van der Waals surface area contributed by atoms with E-state index in [9.17, 15) is 0 Å². The van der Waals surface area contributed by atoms with Crippen LogP contribution < -0.4 is 5.32 Å². The molecule has 3 aromatic rings. The zero-order valence-electron chi connectivity index (χ0n) is 11.6. The van der Waals surface area contributed by atoms with Gasteiger partial charge in [-0.25, -0.2) is 0 Å². The molecule has 0 radical (unpaired) electrons. The molecule has 20 heavy (non-hydrogen) atoms. The molecule has 0 saturated carbocycles. The molecular formula is C15H17N3O2. The van der Waals surface area contributed by atoms with Crippen molar-refractivity contribution in [1.82, 2.24) is 15.5 Å². The van der Waals surface area contributed by atoms with Gasteiger partial charge >= 0.3 is 0 Å². The van der Waals surface area contributed by atoms with Gasteiger partial charge in [0.1, 0.15) is 5.58 Å². The van der Waals surface area contributed by atoms with Crippen molar-refractivity contribution in [2.45, 2.75) is 26.8 Å². The minimum Gasteiger partial charge on any atom is -0.451 e. The topological polar surface area (TPSA) is 64.1 Å². The van der Waals surface area contributed by atoms with E-state index in [0.717, 1.165) is 23.9 Å². The van der Waals surface area contributed by atoms with Crippen molar-refractivity contribution in [3.05, 3.63) is 35.7 Å². The second-order valence-electron chi connectivity index (χ2n) is 4.83. The summed E-state index contributed by atoms with van der Waals surface area (Å²) in [5.41, 5.74) is 2.02. The van der Waals surface area contributed by atoms with Crippen molar-refractivity contribution >= 4 is 11.0 Å². The van der Waals surface area contributed by atoms with Crippen LogP contribution in [0.5, 0.6) is 0 Å². The fraction of sp³-hybridized carbons (Fsp3) is 0.333. The van der Waals surface area contributed by atoms with E-state index in [4.69, 9.17) is 8.83 Å². The highest BCUT2D eigenvalue weighted by molar-refractivity contribution is 5.82. The molecule has 0 atom stereocenters. The van der Waals surface area contributed by atoms with Gasteiger partial charge in [0.2, 0.25) is 5.89 Å². The fourth-order valence-electron chi connectivity index (χ4n) is 2.06. The smallest absolute Gasteiger partial charge is 0.283 e. The molecule has 0 aliphatic rings. The largest absolute Gasteiger partial charge is 0.451 e. The number of hydrogen-bond donors (Lipinski definition) is 1. The molecule has 5 heteroatoms. The monoisotopic (exact) mass is 271 g/mol. The highest BCUT2D eigenvalue weighted by atomic mass is 16.4. The molecule has 0 aliphatic carbocycles. The molecule has 0 unspecified atom stereocenters. The number of rotatable bonds is 5. The van der Waals surface area contributed by atoms with Gasteiger partial charge < -0.3 is 14.2 Å². The van der Waals surface area contributed by atoms with Gasteiger partial charge in [0, 0.05) is 5.39 Å². The quantitative estimate of drug-likeness (QED) is 0.721. The predicted octanol–water partition coefficient (Wildman–Crippen LogP) is 3.29. The molecule has 5 nitrogen and oxygen atoms in total. The molecule has 1 N–H and O–H groups in total. The van der Waals surface area contributed by atoms with Crippen LogP contribution in [-0.4, -0.2) is 16.7 Å². The summed E-state index contributed by atoms with van der Waals surface area (Å²) in [4.78, 5) is 0. The summed E-state index contributed by atoms with van der Waals surface area (Å²) in [5.74, 6) is 1.61. The van der Waals surface area contributed by atoms with Crippen LogP contribution in [0.2, 0.25) is 0 Å². The van der Waals surface area contributed by atoms with E-state index in [2.05, 4.69) is 35.4 Å². The number of fused-ring (bicyclic) bond motifs is 1. The number of benzene rings is 1. The third-order valence-corrected chi connectivity index (χ3v) is 3.05. The van der Waals surface area contributed by atoms with Crippen LogP contribution in [0.1, 0.15) is 24.8 Å². The second kappa shape index (κ2) is 5.46. The van der Waals surface area contributed by atoms with Crippen LogP contribution in [0.4, 0.5) is 0 Å². The highest BCUT2D eigenvalue weighted by Gasteiger charge is 2.13. The normalized spacial score (nSPS) is 11.3. The zero-order chi connectivity index (χ0) is 13.9. The summed E-state index contributed by atoms with van der Waals surface area (Å²) in [5, 5.41) is 12.3. The number of furan rings is 1. The van der Waals surface area contributed by atoms with Crippen LogP contribution in [-0.2, 0) is 6.54 Å². The van der Waals surface area contributed by atoms with Crippen LogP contribution in [0.3, 0.4) is 0 Å². The van der Waals surface area contributed by atoms with Gasteiger partial charge in [-0.2, -0.15) is 0 Å². The third kappa shape index (κ3) is 2.58. The highest BCUT2D eigenvalue weighted by Crippen LogP contribution is 2.27. The molecule has 0 aliphatic heterocycles. The molecule has 2 aromatic heterocycles. The summed E-state index contributed by atoms with van der Waals surface area (Å²) in [6.07, 6.45) is 1.07. The van der Waals surface area contributed by atoms with Gasteiger partial charge in [-0.1, -0.05) is 18.6 Å². The maximum atomic E-state index is 5.73. The first kappa shape index (κ1) is 12.9. The van der Waals surface area contributed by atoms with Gasteiger partial charge in [-0.15, -0.1) is 10.2 Å². The lowest BCUT2D eigenvalue weighted by Crippen LogP contribution is -2.13. The van der Waals surface area contributed by atoms with E-state index >= 15 is 0 Å². The maximum absolute atomic E-state index is 5.73. The van der Waals surface area contributed by atoms with E-state index in [1.54, 1.807) is 0 Å². The average Bonchev–Trinajstić information content (AvgIpc) is 3.04. The van der Waals surface area contributed by atoms with Crippen molar-refractivity contribution in [2.75, 3.05) is 6.54 Å². The summed E-state index contributed by atoms with van der Waals surface area (Å²) in [7, 11) is 0. The molecule has 104 valence electrons. The predicted molar refractivity (Wildman–Crippen MR) is 76.2 cm³/mol. The Morgan fingerprint density at radius 3 is 2.90 bits per heavy atom. The van der Waals surface area contributed by atoms with Gasteiger partial charge in [0.25, 0.3) is 5.89 Å². The number of aryl methyl sites for hydroxylation is 1. The van der Waals surface area contributed by atoms with E-state index in [1.165, 1.54) is 5.56 Å². The summed E-state index contributed by atoms with van der Waals surface area (Å²) in [6.45, 7) is 5.68. The first-order valence-corrected chi connectivity index (χ1v) is 6.80. The molecule has 0 fully saturated rings. The van der Waals surface area contributed by atoms with Crippen molar-refractivity contribution in [2.24, 2.45) is 0 Å². The molecule has 0 amide bonds. The van der Waals surface area contributed by atoms with E-state index < -0.39 is 0 Å². The number of hydrogen-bond acceptors (Lipinski definition) is 5. The molecule has 1 aromatic carbocycles. The number of nitrogens with zero attached hydrogens (tertiary/aromatic N) is 2. The molecule has 0 saturated heterocycles. The van der Waals surface area contributed by atoms with Crippen LogP contribution in [0, 0.1) is 6.92 Å². The van der Waals surface area contributed by atoms with Crippen molar-refractivity contribution < 1.29 is 8.83 Å². The Kier molecular flexibility index (Phi) is 3.52. The van der Waals surface area contributed by atoms with Gasteiger partial charge in [-0.05, 0) is 38.1 Å². The number of aromatic nitrogens is 2. The van der Waals surface area contributed by atoms with E-state index in [1.807, 2.05) is 18.2 Å². The Hall–Kier alpha value is -2.14. The Morgan fingerprint density at radius 2 is 2.05 bits per heavy atom. The Balaban J connectivity index is 1.83.